The first-order valence-corrected chi connectivity index (χ1v) is 16.6. The van der Waals surface area contributed by atoms with Gasteiger partial charge in [-0.15, -0.1) is 0 Å². The van der Waals surface area contributed by atoms with Crippen LogP contribution in [0.3, 0.4) is 0 Å². The number of hydrogen-bond donors (Lipinski definition) is 0. The largest absolute Gasteiger partial charge is 2.00 e. The minimum atomic E-state index is -0.605. The van der Waals surface area contributed by atoms with Crippen molar-refractivity contribution in [2.75, 3.05) is 0 Å². The zero-order chi connectivity index (χ0) is 35.3. The molecule has 11 heteroatoms. The molecule has 2 saturated carbocycles. The number of unbranched alkanes of at least 4 members (excludes halogenated alkanes) is 2. The number of aromatic nitrogens is 4. The number of hydrogen-bond acceptors (Lipinski definition) is 6. The van der Waals surface area contributed by atoms with Gasteiger partial charge in [0.05, 0.1) is 0 Å². The Balaban J connectivity index is 0.000000224. The molecule has 2 aliphatic rings. The van der Waals surface area contributed by atoms with E-state index < -0.39 is 34.3 Å². The van der Waals surface area contributed by atoms with Gasteiger partial charge in [0.1, 0.15) is 0 Å². The number of nitrogens with zero attached hydrogens (tertiary/aromatic N) is 4. The molecule has 0 saturated heterocycles. The third kappa shape index (κ3) is 10.8. The average Bonchev–Trinajstić information content (AvgIpc) is 3.86. The summed E-state index contributed by atoms with van der Waals surface area (Å²) in [7, 11) is 0. The van der Waals surface area contributed by atoms with E-state index >= 15 is 0 Å². The Morgan fingerprint density at radius 1 is 0.471 bits per heavy atom. The molecule has 0 N–H and O–H groups in total. The number of benzene rings is 2. The third-order valence-electron chi connectivity index (χ3n) is 8.25. The fourth-order valence-electron chi connectivity index (χ4n) is 5.55. The van der Waals surface area contributed by atoms with Gasteiger partial charge in [-0.25, -0.2) is 9.59 Å². The van der Waals surface area contributed by atoms with Crippen molar-refractivity contribution in [2.24, 2.45) is 0 Å². The Bertz CT molecular complexity index is 1810. The summed E-state index contributed by atoms with van der Waals surface area (Å²) in [5, 5.41) is 0. The predicted molar refractivity (Wildman–Crippen MR) is 191 cm³/mol. The molecule has 0 aliphatic heterocycles. The van der Waals surface area contributed by atoms with E-state index in [1.165, 1.54) is 45.5 Å². The van der Waals surface area contributed by atoms with Crippen LogP contribution in [-0.4, -0.2) is 30.1 Å². The van der Waals surface area contributed by atoms with Gasteiger partial charge < -0.3 is 9.13 Å². The molecule has 0 unspecified atom stereocenters. The van der Waals surface area contributed by atoms with Crippen LogP contribution in [0.2, 0.25) is 0 Å². The summed E-state index contributed by atoms with van der Waals surface area (Å²) in [5.41, 5.74) is -1.76. The first-order chi connectivity index (χ1) is 24.3. The van der Waals surface area contributed by atoms with E-state index in [0.29, 0.717) is 33.4 Å². The summed E-state index contributed by atoms with van der Waals surface area (Å²) in [6.07, 6.45) is 24.6. The maximum Gasteiger partial charge on any atom is 2.00 e. The van der Waals surface area contributed by atoms with Gasteiger partial charge in [0.15, 0.2) is 0 Å². The van der Waals surface area contributed by atoms with E-state index in [2.05, 4.69) is 25.7 Å². The predicted octanol–water partition coefficient (Wildman–Crippen LogP) is 4.55. The maximum atomic E-state index is 12.5. The Hall–Kier alpha value is -4.34. The fraction of sp³-hybridized carbons (Fsp3) is 0.200. The van der Waals surface area contributed by atoms with Crippen molar-refractivity contribution < 1.29 is 26.7 Å². The molecule has 0 atom stereocenters. The van der Waals surface area contributed by atoms with Crippen molar-refractivity contribution >= 4 is 11.8 Å². The average molecular weight is 727 g/mol. The van der Waals surface area contributed by atoms with Crippen molar-refractivity contribution in [2.45, 2.75) is 51.6 Å². The second kappa shape index (κ2) is 19.9. The SMILES string of the molecule is O=C(c1ccccc1)n1c(=O)ccn(CCCC[C]2[CH][CH][CH][CH]2)c1=O.O=C(c1ccccc1)n1c(=O)ccn(CCCC[C]2[CH][CH][CH][CH]2)c1=O.[Fe+2]. The van der Waals surface area contributed by atoms with Gasteiger partial charge in [0, 0.05) is 48.7 Å². The second-order valence-corrected chi connectivity index (χ2v) is 11.8. The zero-order valence-electron chi connectivity index (χ0n) is 28.0. The van der Waals surface area contributed by atoms with Crippen LogP contribution in [-0.2, 0) is 30.2 Å². The van der Waals surface area contributed by atoms with Gasteiger partial charge in [-0.05, 0) is 113 Å². The molecule has 51 heavy (non-hydrogen) atoms. The first kappa shape index (κ1) is 39.4. The minimum absolute atomic E-state index is 0. The van der Waals surface area contributed by atoms with Crippen LogP contribution in [0.5, 0.6) is 0 Å². The molecule has 10 radical (unpaired) electrons. The molecule has 0 spiro atoms. The molecular weight excluding hydrogens is 688 g/mol. The van der Waals surface area contributed by atoms with Crippen molar-refractivity contribution in [3.05, 3.63) is 201 Å². The maximum absolute atomic E-state index is 12.5. The molecular formula is C40H38FeN4O6+2. The van der Waals surface area contributed by atoms with Crippen LogP contribution < -0.4 is 22.5 Å². The normalized spacial score (nSPS) is 14.4. The Morgan fingerprint density at radius 3 is 1.18 bits per heavy atom. The summed E-state index contributed by atoms with van der Waals surface area (Å²) in [4.78, 5) is 74.1. The van der Waals surface area contributed by atoms with Gasteiger partial charge in [-0.2, -0.15) is 9.13 Å². The third-order valence-corrected chi connectivity index (χ3v) is 8.25. The number of carbonyl (C=O) groups excluding carboxylic acids is 2. The molecule has 2 aromatic carbocycles. The van der Waals surface area contributed by atoms with Gasteiger partial charge in [-0.1, -0.05) is 49.2 Å². The molecule has 0 amide bonds. The molecule has 2 heterocycles. The Morgan fingerprint density at radius 2 is 0.824 bits per heavy atom. The van der Waals surface area contributed by atoms with Crippen molar-refractivity contribution in [1.29, 1.82) is 0 Å². The van der Waals surface area contributed by atoms with E-state index in [1.807, 2.05) is 25.7 Å². The second-order valence-electron chi connectivity index (χ2n) is 11.8. The van der Waals surface area contributed by atoms with Gasteiger partial charge in [0.2, 0.25) is 0 Å². The molecule has 4 aromatic rings. The molecule has 0 bridgehead atoms. The van der Waals surface area contributed by atoms with Crippen LogP contribution >= 0.6 is 0 Å². The van der Waals surface area contributed by atoms with E-state index in [9.17, 15) is 28.8 Å². The van der Waals surface area contributed by atoms with E-state index in [1.54, 1.807) is 60.7 Å². The van der Waals surface area contributed by atoms with Crippen molar-refractivity contribution in [3.63, 3.8) is 0 Å². The summed E-state index contributed by atoms with van der Waals surface area (Å²) in [6, 6.07) is 19.2. The van der Waals surface area contributed by atoms with Crippen molar-refractivity contribution in [3.8, 4) is 0 Å². The quantitative estimate of drug-likeness (QED) is 0.156. The molecule has 6 rings (SSSR count). The molecule has 2 aliphatic carbocycles. The van der Waals surface area contributed by atoms with E-state index in [-0.39, 0.29) is 17.1 Å². The summed E-state index contributed by atoms with van der Waals surface area (Å²) < 4.78 is 4.25. The van der Waals surface area contributed by atoms with Crippen LogP contribution in [0.15, 0.2) is 104 Å². The first-order valence-electron chi connectivity index (χ1n) is 16.6. The minimum Gasteiger partial charge on any atom is -0.300 e. The van der Waals surface area contributed by atoms with E-state index in [0.717, 1.165) is 38.5 Å². The zero-order valence-corrected chi connectivity index (χ0v) is 29.1. The number of aryl methyl sites for hydroxylation is 2. The topological polar surface area (TPSA) is 122 Å². The monoisotopic (exact) mass is 726 g/mol. The smallest absolute Gasteiger partial charge is 0.300 e. The van der Waals surface area contributed by atoms with Crippen LogP contribution in [0.1, 0.15) is 59.2 Å². The van der Waals surface area contributed by atoms with Crippen molar-refractivity contribution in [1.82, 2.24) is 18.3 Å². The van der Waals surface area contributed by atoms with Crippen LogP contribution in [0, 0.1) is 63.2 Å². The van der Waals surface area contributed by atoms with Gasteiger partial charge in [-0.3, -0.25) is 19.2 Å². The molecule has 260 valence electrons. The number of carbonyl (C=O) groups is 2. The Kier molecular flexibility index (Phi) is 15.4. The molecule has 2 aromatic heterocycles. The molecule has 10 nitrogen and oxygen atoms in total. The van der Waals surface area contributed by atoms with Gasteiger partial charge in [0.25, 0.3) is 22.9 Å². The fourth-order valence-corrected chi connectivity index (χ4v) is 5.55. The standard InChI is InChI=1S/2C20H19N2O3.Fe/c2*23-18-13-15-21(14-7-6-10-16-8-4-5-9-16)20(25)22(18)19(24)17-11-2-1-3-12-17;/h2*1-5,8-9,11-13,15H,6-7,10,14H2;/q;;+2. The summed E-state index contributed by atoms with van der Waals surface area (Å²) >= 11 is 0. The Labute approximate surface area is 308 Å². The summed E-state index contributed by atoms with van der Waals surface area (Å²) in [5.74, 6) is 1.36. The molecule has 2 fully saturated rings. The summed E-state index contributed by atoms with van der Waals surface area (Å²) in [6.45, 7) is 0.948. The van der Waals surface area contributed by atoms with E-state index in [4.69, 9.17) is 0 Å². The van der Waals surface area contributed by atoms with Crippen LogP contribution in [0.25, 0.3) is 0 Å². The van der Waals surface area contributed by atoms with Crippen LogP contribution in [0.4, 0.5) is 0 Å². The van der Waals surface area contributed by atoms with Gasteiger partial charge >= 0.3 is 28.4 Å². The number of rotatable bonds is 12.